The smallest absolute Gasteiger partial charge is 0.396 e. The molecular formula is C32H80O8Ti3+4. The summed E-state index contributed by atoms with van der Waals surface area (Å²) in [4.78, 5) is 0. The van der Waals surface area contributed by atoms with Gasteiger partial charge in [0.15, 0.2) is 0 Å². The summed E-state index contributed by atoms with van der Waals surface area (Å²) >= 11 is 0. The molecule has 0 aromatic rings. The van der Waals surface area contributed by atoms with Crippen LogP contribution in [0.4, 0.5) is 0 Å². The van der Waals surface area contributed by atoms with Gasteiger partial charge in [-0.1, -0.05) is 107 Å². The largest absolute Gasteiger partial charge is 4.00 e. The Balaban J connectivity index is -0.0000000299. The normalized spacial score (nSPS) is 7.81. The number of hydrogen-bond acceptors (Lipinski definition) is 8. The van der Waals surface area contributed by atoms with Crippen LogP contribution in [0.25, 0.3) is 0 Å². The topological polar surface area (TPSA) is 162 Å². The predicted molar refractivity (Wildman–Crippen MR) is 176 cm³/mol. The quantitative estimate of drug-likeness (QED) is 0.0867. The third-order valence-electron chi connectivity index (χ3n) is 4.09. The van der Waals surface area contributed by atoms with Gasteiger partial charge < -0.3 is 40.9 Å². The molecule has 0 atom stereocenters. The van der Waals surface area contributed by atoms with E-state index in [2.05, 4.69) is 55.4 Å². The molecule has 0 unspecified atom stereocenters. The van der Waals surface area contributed by atoms with Crippen LogP contribution in [0, 0.1) is 0 Å². The van der Waals surface area contributed by atoms with Crippen molar-refractivity contribution in [3.8, 4) is 0 Å². The molecule has 0 amide bonds. The van der Waals surface area contributed by atoms with Gasteiger partial charge in [0.25, 0.3) is 0 Å². The van der Waals surface area contributed by atoms with Crippen molar-refractivity contribution in [2.24, 2.45) is 0 Å². The molecule has 0 spiro atoms. The van der Waals surface area contributed by atoms with E-state index in [-0.39, 0.29) is 65.2 Å². The summed E-state index contributed by atoms with van der Waals surface area (Å²) in [6.07, 6.45) is 16.3. The minimum atomic E-state index is 0. The van der Waals surface area contributed by atoms with Crippen LogP contribution in [0.1, 0.15) is 158 Å². The number of unbranched alkanes of at least 4 members (excludes halogenated alkanes) is 8. The molecule has 8 nitrogen and oxygen atoms in total. The van der Waals surface area contributed by atoms with Crippen molar-refractivity contribution >= 4 is 0 Å². The van der Waals surface area contributed by atoms with Crippen molar-refractivity contribution in [2.45, 2.75) is 158 Å². The van der Waals surface area contributed by atoms with E-state index in [9.17, 15) is 0 Å². The first-order valence-electron chi connectivity index (χ1n) is 16.2. The number of hydrogen-bond donors (Lipinski definition) is 8. The zero-order valence-electron chi connectivity index (χ0n) is 30.0. The predicted octanol–water partition coefficient (Wildman–Crippen LogP) is 6.22. The van der Waals surface area contributed by atoms with Gasteiger partial charge in [0, 0.05) is 96.3 Å². The Hall–Kier alpha value is 1.82. The van der Waals surface area contributed by atoms with Gasteiger partial charge in [-0.3, -0.25) is 0 Å². The van der Waals surface area contributed by atoms with Gasteiger partial charge in [0.05, 0.1) is 0 Å². The van der Waals surface area contributed by atoms with Gasteiger partial charge in [-0.05, 0) is 51.4 Å². The number of rotatable bonds is 16. The van der Waals surface area contributed by atoms with Gasteiger partial charge in [0.1, 0.15) is 0 Å². The van der Waals surface area contributed by atoms with Gasteiger partial charge >= 0.3 is 21.7 Å². The summed E-state index contributed by atoms with van der Waals surface area (Å²) < 4.78 is 0. The Labute approximate surface area is 314 Å². The molecule has 0 aliphatic rings. The fourth-order valence-electron chi connectivity index (χ4n) is 1.26. The van der Waals surface area contributed by atoms with E-state index in [1.54, 1.807) is 0 Å². The summed E-state index contributed by atoms with van der Waals surface area (Å²) in [6, 6.07) is 0. The van der Waals surface area contributed by atoms with Crippen molar-refractivity contribution in [2.75, 3.05) is 52.9 Å². The first-order chi connectivity index (χ1) is 19.3. The first-order valence-corrected chi connectivity index (χ1v) is 16.2. The zero-order valence-corrected chi connectivity index (χ0v) is 34.7. The van der Waals surface area contributed by atoms with Crippen LogP contribution in [-0.4, -0.2) is 93.7 Å². The van der Waals surface area contributed by atoms with E-state index >= 15 is 0 Å². The number of aliphatic hydroxyl groups excluding tert-OH is 8. The second-order valence-corrected chi connectivity index (χ2v) is 8.62. The summed E-state index contributed by atoms with van der Waals surface area (Å²) in [5, 5.41) is 64.5. The maximum atomic E-state index is 8.07. The van der Waals surface area contributed by atoms with Crippen molar-refractivity contribution in [3.05, 3.63) is 0 Å². The van der Waals surface area contributed by atoms with Crippen LogP contribution in [0.2, 0.25) is 0 Å². The Morgan fingerprint density at radius 1 is 0.233 bits per heavy atom. The third kappa shape index (κ3) is 241. The molecule has 11 heteroatoms. The molecule has 0 heterocycles. The van der Waals surface area contributed by atoms with Gasteiger partial charge in [-0.25, -0.2) is 0 Å². The molecule has 0 saturated heterocycles. The van der Waals surface area contributed by atoms with Gasteiger partial charge in [-0.2, -0.15) is 0 Å². The average Bonchev–Trinajstić information content (AvgIpc) is 2.95. The monoisotopic (exact) mass is 736 g/mol. The second-order valence-electron chi connectivity index (χ2n) is 8.62. The Bertz CT molecular complexity index is 177. The van der Waals surface area contributed by atoms with E-state index in [1.807, 2.05) is 0 Å². The fraction of sp³-hybridized carbons (Fsp3) is 1.00. The first kappa shape index (κ1) is 75.2. The van der Waals surface area contributed by atoms with Gasteiger partial charge in [-0.15, -0.1) is 0 Å². The van der Waals surface area contributed by atoms with Crippen LogP contribution in [0.15, 0.2) is 0 Å². The number of aliphatic hydroxyl groups is 8. The van der Waals surface area contributed by atoms with Crippen LogP contribution in [-0.2, 0) is 65.2 Å². The maximum absolute atomic E-state index is 8.07. The zero-order chi connectivity index (χ0) is 33.0. The van der Waals surface area contributed by atoms with E-state index < -0.39 is 0 Å². The molecule has 0 radical (unpaired) electrons. The van der Waals surface area contributed by atoms with Crippen molar-refractivity contribution in [3.63, 3.8) is 0 Å². The SMILES string of the molecule is CCCCO.CCCCO.CCCCO.CCCCO.CCCCO.CCCCO.CCCCO.CCCCO.[Ti+4].[Ti].[Ti]. The fourth-order valence-corrected chi connectivity index (χ4v) is 1.26. The molecule has 0 aliphatic carbocycles. The van der Waals surface area contributed by atoms with E-state index in [0.29, 0.717) is 52.9 Å². The standard InChI is InChI=1S/8C4H10O.3Ti/c8*1-2-3-4-5;;;/h8*5H,2-4H2,1H3;;;/q;;;;;;;;;;+4. The molecule has 0 saturated carbocycles. The van der Waals surface area contributed by atoms with Crippen LogP contribution < -0.4 is 0 Å². The van der Waals surface area contributed by atoms with E-state index in [4.69, 9.17) is 40.9 Å². The molecule has 8 N–H and O–H groups in total. The molecule has 0 rings (SSSR count). The third-order valence-corrected chi connectivity index (χ3v) is 4.09. The second kappa shape index (κ2) is 121. The Kier molecular flexibility index (Phi) is 211. The molecule has 0 aromatic carbocycles. The molecule has 0 bridgehead atoms. The Morgan fingerprint density at radius 3 is 0.302 bits per heavy atom. The summed E-state index contributed by atoms with van der Waals surface area (Å²) in [6.45, 7) is 19.2. The van der Waals surface area contributed by atoms with Crippen molar-refractivity contribution < 1.29 is 106 Å². The van der Waals surface area contributed by atoms with E-state index in [1.165, 1.54) is 0 Å². The van der Waals surface area contributed by atoms with Crippen LogP contribution in [0.5, 0.6) is 0 Å². The molecule has 0 fully saturated rings. The summed E-state index contributed by atoms with van der Waals surface area (Å²) in [5.74, 6) is 0. The molecule has 264 valence electrons. The van der Waals surface area contributed by atoms with Crippen molar-refractivity contribution in [1.82, 2.24) is 0 Å². The summed E-state index contributed by atoms with van der Waals surface area (Å²) in [5.41, 5.74) is 0. The molecule has 0 aromatic heterocycles. The van der Waals surface area contributed by atoms with Crippen molar-refractivity contribution in [1.29, 1.82) is 0 Å². The summed E-state index contributed by atoms with van der Waals surface area (Å²) in [7, 11) is 0. The maximum Gasteiger partial charge on any atom is 4.00 e. The van der Waals surface area contributed by atoms with Crippen LogP contribution >= 0.6 is 0 Å². The molecular weight excluding hydrogens is 656 g/mol. The average molecular weight is 737 g/mol. The minimum Gasteiger partial charge on any atom is -0.396 e. The molecule has 0 aliphatic heterocycles. The minimum absolute atomic E-state index is 0. The van der Waals surface area contributed by atoms with E-state index in [0.717, 1.165) is 103 Å². The Morgan fingerprint density at radius 2 is 0.302 bits per heavy atom. The molecule has 43 heavy (non-hydrogen) atoms. The van der Waals surface area contributed by atoms with Gasteiger partial charge in [0.2, 0.25) is 0 Å². The van der Waals surface area contributed by atoms with Crippen LogP contribution in [0.3, 0.4) is 0 Å².